The Kier molecular flexibility index (Phi) is 9.02. The lowest BCUT2D eigenvalue weighted by Crippen LogP contribution is -2.18. The number of aliphatic hydroxyl groups excluding tert-OH is 1. The number of ether oxygens (including phenoxy) is 1. The summed E-state index contributed by atoms with van der Waals surface area (Å²) in [6.07, 6.45) is 11.4. The normalized spacial score (nSPS) is 19.7. The molecule has 1 saturated carbocycles. The molecule has 0 amide bonds. The van der Waals surface area contributed by atoms with Crippen molar-refractivity contribution in [3.63, 3.8) is 0 Å². The maximum atomic E-state index is 10.4. The Morgan fingerprint density at radius 1 is 0.968 bits per heavy atom. The van der Waals surface area contributed by atoms with Gasteiger partial charge in [0.05, 0.1) is 6.10 Å². The molecule has 1 aliphatic rings. The molecule has 0 heterocycles. The second kappa shape index (κ2) is 11.7. The highest BCUT2D eigenvalue weighted by atomic mass is 16.5. The van der Waals surface area contributed by atoms with Gasteiger partial charge < -0.3 is 9.84 Å². The second-order valence-corrected chi connectivity index (χ2v) is 10.1. The molecule has 0 aromatic heterocycles. The van der Waals surface area contributed by atoms with Crippen LogP contribution in [0.1, 0.15) is 108 Å². The molecule has 0 aliphatic heterocycles. The zero-order chi connectivity index (χ0) is 22.1. The third-order valence-electron chi connectivity index (χ3n) is 7.02. The van der Waals surface area contributed by atoms with Crippen molar-refractivity contribution in [2.45, 2.75) is 109 Å². The fourth-order valence-corrected chi connectivity index (χ4v) is 4.91. The first kappa shape index (κ1) is 23.9. The summed E-state index contributed by atoms with van der Waals surface area (Å²) in [5.74, 6) is 1.40. The van der Waals surface area contributed by atoms with E-state index in [1.165, 1.54) is 55.2 Å². The fraction of sp³-hybridized carbons (Fsp3) is 0.586. The van der Waals surface area contributed by atoms with E-state index in [0.717, 1.165) is 31.4 Å². The van der Waals surface area contributed by atoms with Crippen molar-refractivity contribution >= 4 is 0 Å². The highest BCUT2D eigenvalue weighted by molar-refractivity contribution is 5.43. The minimum absolute atomic E-state index is 0.139. The average molecular weight is 423 g/mol. The maximum Gasteiger partial charge on any atom is 0.123 e. The Morgan fingerprint density at radius 3 is 2.52 bits per heavy atom. The molecule has 170 valence electrons. The van der Waals surface area contributed by atoms with Crippen LogP contribution in [0.25, 0.3) is 0 Å². The number of hydrogen-bond acceptors (Lipinski definition) is 2. The molecule has 0 spiro atoms. The molecule has 31 heavy (non-hydrogen) atoms. The summed E-state index contributed by atoms with van der Waals surface area (Å²) in [4.78, 5) is 0. The van der Waals surface area contributed by atoms with Crippen LogP contribution in [0.4, 0.5) is 0 Å². The summed E-state index contributed by atoms with van der Waals surface area (Å²) < 4.78 is 6.45. The van der Waals surface area contributed by atoms with Crippen molar-refractivity contribution in [1.29, 1.82) is 0 Å². The predicted molar refractivity (Wildman–Crippen MR) is 131 cm³/mol. The third-order valence-corrected chi connectivity index (χ3v) is 7.02. The number of aliphatic hydroxyl groups is 1. The van der Waals surface area contributed by atoms with Crippen molar-refractivity contribution in [1.82, 2.24) is 0 Å². The van der Waals surface area contributed by atoms with Gasteiger partial charge in [0.15, 0.2) is 0 Å². The highest BCUT2D eigenvalue weighted by Gasteiger charge is 2.26. The van der Waals surface area contributed by atoms with Crippen LogP contribution in [0, 0.1) is 0 Å². The molecule has 2 nitrogen and oxygen atoms in total. The van der Waals surface area contributed by atoms with Gasteiger partial charge >= 0.3 is 0 Å². The number of benzene rings is 2. The molecule has 2 aromatic carbocycles. The second-order valence-electron chi connectivity index (χ2n) is 10.1. The minimum Gasteiger partial charge on any atom is -0.489 e. The molecule has 0 bridgehead atoms. The molecule has 1 N–H and O–H groups in total. The van der Waals surface area contributed by atoms with Gasteiger partial charge in [-0.15, -0.1) is 0 Å². The van der Waals surface area contributed by atoms with Crippen molar-refractivity contribution in [2.75, 3.05) is 0 Å². The first-order valence-corrected chi connectivity index (χ1v) is 12.5. The van der Waals surface area contributed by atoms with Gasteiger partial charge in [-0.2, -0.15) is 0 Å². The summed E-state index contributed by atoms with van der Waals surface area (Å²) in [5, 5.41) is 10.4. The molecule has 0 unspecified atom stereocenters. The standard InChI is InChI=1S/C29H42O2/c1-4-5-6-12-19-29(2,3)25-17-18-27(24-15-10-11-16-26(30)20-24)28(21-25)31-22-23-13-8-7-9-14-23/h7-9,13-14,17-18,21,24,26,30H,4-6,10-12,15-16,19-20,22H2,1-3H3/t24-,26-/m0/s1. The van der Waals surface area contributed by atoms with Gasteiger partial charge in [0, 0.05) is 0 Å². The Bertz CT molecular complexity index is 781. The zero-order valence-electron chi connectivity index (χ0n) is 19.9. The third kappa shape index (κ3) is 7.10. The summed E-state index contributed by atoms with van der Waals surface area (Å²) in [5.41, 5.74) is 3.98. The topological polar surface area (TPSA) is 29.5 Å². The summed E-state index contributed by atoms with van der Waals surface area (Å²) in [7, 11) is 0. The van der Waals surface area contributed by atoms with Crippen LogP contribution in [0.15, 0.2) is 48.5 Å². The first-order chi connectivity index (χ1) is 15.0. The molecular formula is C29H42O2. The van der Waals surface area contributed by atoms with Gasteiger partial charge in [0.1, 0.15) is 12.4 Å². The zero-order valence-corrected chi connectivity index (χ0v) is 19.9. The summed E-state index contributed by atoms with van der Waals surface area (Å²) >= 11 is 0. The van der Waals surface area contributed by atoms with E-state index >= 15 is 0 Å². The maximum absolute atomic E-state index is 10.4. The molecular weight excluding hydrogens is 380 g/mol. The van der Waals surface area contributed by atoms with E-state index in [4.69, 9.17) is 4.74 Å². The quantitative estimate of drug-likeness (QED) is 0.311. The Hall–Kier alpha value is -1.80. The predicted octanol–water partition coefficient (Wildman–Crippen LogP) is 7.92. The van der Waals surface area contributed by atoms with Crippen LogP contribution in [0.2, 0.25) is 0 Å². The summed E-state index contributed by atoms with van der Waals surface area (Å²) in [6, 6.07) is 17.3. The molecule has 3 rings (SSSR count). The largest absolute Gasteiger partial charge is 0.489 e. The Morgan fingerprint density at radius 2 is 1.74 bits per heavy atom. The minimum atomic E-state index is -0.191. The first-order valence-electron chi connectivity index (χ1n) is 12.5. The van der Waals surface area contributed by atoms with Gasteiger partial charge in [-0.1, -0.05) is 102 Å². The number of unbranched alkanes of at least 4 members (excludes halogenated alkanes) is 3. The van der Waals surface area contributed by atoms with Crippen LogP contribution in [-0.4, -0.2) is 11.2 Å². The Balaban J connectivity index is 1.83. The monoisotopic (exact) mass is 422 g/mol. The van der Waals surface area contributed by atoms with Crippen molar-refractivity contribution in [2.24, 2.45) is 0 Å². The average Bonchev–Trinajstić information content (AvgIpc) is 3.00. The van der Waals surface area contributed by atoms with E-state index in [9.17, 15) is 5.11 Å². The lowest BCUT2D eigenvalue weighted by molar-refractivity contribution is 0.151. The van der Waals surface area contributed by atoms with Crippen LogP contribution < -0.4 is 4.74 Å². The van der Waals surface area contributed by atoms with Crippen LogP contribution in [0.3, 0.4) is 0 Å². The molecule has 2 atom stereocenters. The van der Waals surface area contributed by atoms with Crippen molar-refractivity contribution in [3.8, 4) is 5.75 Å². The lowest BCUT2D eigenvalue weighted by atomic mass is 9.78. The number of hydrogen-bond donors (Lipinski definition) is 1. The van der Waals surface area contributed by atoms with E-state index in [1.54, 1.807) is 0 Å². The molecule has 1 fully saturated rings. The van der Waals surface area contributed by atoms with Crippen molar-refractivity contribution in [3.05, 3.63) is 65.2 Å². The van der Waals surface area contributed by atoms with Crippen molar-refractivity contribution < 1.29 is 9.84 Å². The SMILES string of the molecule is CCCCCCC(C)(C)c1ccc([C@H]2CCCC[C@H](O)C2)c(OCc2ccccc2)c1. The van der Waals surface area contributed by atoms with Gasteiger partial charge in [0.25, 0.3) is 0 Å². The van der Waals surface area contributed by atoms with Gasteiger partial charge in [0.2, 0.25) is 0 Å². The molecule has 0 radical (unpaired) electrons. The van der Waals surface area contributed by atoms with E-state index in [2.05, 4.69) is 63.2 Å². The van der Waals surface area contributed by atoms with Crippen LogP contribution >= 0.6 is 0 Å². The lowest BCUT2D eigenvalue weighted by Gasteiger charge is -2.28. The molecule has 2 aromatic rings. The van der Waals surface area contributed by atoms with Crippen LogP contribution in [0.5, 0.6) is 5.75 Å². The van der Waals surface area contributed by atoms with Gasteiger partial charge in [-0.3, -0.25) is 0 Å². The highest BCUT2D eigenvalue weighted by Crippen LogP contribution is 2.40. The number of rotatable bonds is 10. The van der Waals surface area contributed by atoms with E-state index in [0.29, 0.717) is 12.5 Å². The fourth-order valence-electron chi connectivity index (χ4n) is 4.91. The molecule has 0 saturated heterocycles. The van der Waals surface area contributed by atoms with E-state index < -0.39 is 0 Å². The Labute approximate surface area is 190 Å². The van der Waals surface area contributed by atoms with Crippen LogP contribution in [-0.2, 0) is 12.0 Å². The van der Waals surface area contributed by atoms with Gasteiger partial charge in [-0.05, 0) is 59.8 Å². The van der Waals surface area contributed by atoms with Gasteiger partial charge in [-0.25, -0.2) is 0 Å². The van der Waals surface area contributed by atoms with E-state index in [-0.39, 0.29) is 11.5 Å². The smallest absolute Gasteiger partial charge is 0.123 e. The molecule has 2 heteroatoms. The van der Waals surface area contributed by atoms with E-state index in [1.807, 2.05) is 6.07 Å². The summed E-state index contributed by atoms with van der Waals surface area (Å²) in [6.45, 7) is 7.59. The molecule has 1 aliphatic carbocycles.